The summed E-state index contributed by atoms with van der Waals surface area (Å²) < 4.78 is 0. The van der Waals surface area contributed by atoms with Gasteiger partial charge >= 0.3 is 0 Å². The molecule has 0 spiro atoms. The number of hydrogen-bond acceptors (Lipinski definition) is 2. The highest BCUT2D eigenvalue weighted by atomic mass is 16.1. The number of hydrogen-bond donors (Lipinski definition) is 0. The summed E-state index contributed by atoms with van der Waals surface area (Å²) in [5, 5.41) is 0. The molecule has 0 aromatic heterocycles. The Kier molecular flexibility index (Phi) is 3.93. The van der Waals surface area contributed by atoms with Crippen LogP contribution < -0.4 is 0 Å². The first-order valence-electron chi connectivity index (χ1n) is 7.94. The van der Waals surface area contributed by atoms with Crippen LogP contribution in [-0.2, 0) is 0 Å². The van der Waals surface area contributed by atoms with Crippen molar-refractivity contribution in [3.05, 3.63) is 35.9 Å². The van der Waals surface area contributed by atoms with Crippen molar-refractivity contribution in [2.24, 2.45) is 17.8 Å². The highest BCUT2D eigenvalue weighted by Gasteiger charge is 2.40. The topological polar surface area (TPSA) is 20.3 Å². The highest BCUT2D eigenvalue weighted by Crippen LogP contribution is 2.48. The Hall–Kier alpha value is -1.15. The predicted octanol–water partition coefficient (Wildman–Crippen LogP) is 3.63. The molecule has 2 nitrogen and oxygen atoms in total. The van der Waals surface area contributed by atoms with Gasteiger partial charge in [-0.25, -0.2) is 0 Å². The molecule has 4 atom stereocenters. The van der Waals surface area contributed by atoms with E-state index in [0.29, 0.717) is 0 Å². The summed E-state index contributed by atoms with van der Waals surface area (Å²) in [5.74, 6) is 2.99. The molecule has 2 saturated carbocycles. The molecule has 0 aliphatic heterocycles. The van der Waals surface area contributed by atoms with E-state index in [9.17, 15) is 4.79 Å². The average Bonchev–Trinajstić information content (AvgIpc) is 3.09. The molecule has 20 heavy (non-hydrogen) atoms. The lowest BCUT2D eigenvalue weighted by Gasteiger charge is -2.30. The van der Waals surface area contributed by atoms with E-state index in [1.807, 2.05) is 37.3 Å². The number of ketones is 1. The van der Waals surface area contributed by atoms with Gasteiger partial charge in [0.1, 0.15) is 0 Å². The van der Waals surface area contributed by atoms with E-state index in [1.54, 1.807) is 0 Å². The third-order valence-electron chi connectivity index (χ3n) is 5.51. The molecular weight excluding hydrogens is 246 g/mol. The van der Waals surface area contributed by atoms with Gasteiger partial charge in [0, 0.05) is 12.1 Å². The fourth-order valence-electron chi connectivity index (χ4n) is 4.17. The molecule has 0 saturated heterocycles. The molecule has 0 radical (unpaired) electrons. The zero-order valence-electron chi connectivity index (χ0n) is 12.6. The van der Waals surface area contributed by atoms with Gasteiger partial charge in [-0.3, -0.25) is 9.69 Å². The van der Waals surface area contributed by atoms with E-state index in [0.717, 1.165) is 29.9 Å². The normalized spacial score (nSPS) is 29.9. The van der Waals surface area contributed by atoms with E-state index >= 15 is 0 Å². The van der Waals surface area contributed by atoms with Gasteiger partial charge in [0.25, 0.3) is 0 Å². The average molecular weight is 271 g/mol. The molecule has 0 N–H and O–H groups in total. The van der Waals surface area contributed by atoms with Gasteiger partial charge in [0.05, 0.1) is 6.04 Å². The number of fused-ring (bicyclic) bond motifs is 2. The SMILES string of the molecule is CC(C(=O)c1ccccc1)N(C)CC1CC2CCC1C2. The highest BCUT2D eigenvalue weighted by molar-refractivity contribution is 5.99. The second kappa shape index (κ2) is 5.69. The first-order valence-corrected chi connectivity index (χ1v) is 7.94. The molecule has 0 amide bonds. The van der Waals surface area contributed by atoms with E-state index in [-0.39, 0.29) is 11.8 Å². The zero-order valence-corrected chi connectivity index (χ0v) is 12.6. The van der Waals surface area contributed by atoms with Crippen LogP contribution in [0.3, 0.4) is 0 Å². The standard InChI is InChI=1S/C18H25NO/c1-13(18(20)15-6-4-3-5-7-15)19(2)12-17-11-14-8-9-16(17)10-14/h3-7,13-14,16-17H,8-12H2,1-2H3. The second-order valence-electron chi connectivity index (χ2n) is 6.78. The molecule has 1 aromatic carbocycles. The lowest BCUT2D eigenvalue weighted by Crippen LogP contribution is -2.40. The van der Waals surface area contributed by atoms with Crippen LogP contribution in [0, 0.1) is 17.8 Å². The van der Waals surface area contributed by atoms with Gasteiger partial charge in [0.15, 0.2) is 5.78 Å². The Labute approximate surface area is 122 Å². The summed E-state index contributed by atoms with van der Waals surface area (Å²) >= 11 is 0. The van der Waals surface area contributed by atoms with Crippen LogP contribution in [-0.4, -0.2) is 30.3 Å². The fourth-order valence-corrected chi connectivity index (χ4v) is 4.17. The molecule has 4 unspecified atom stereocenters. The van der Waals surface area contributed by atoms with Crippen LogP contribution in [0.15, 0.2) is 30.3 Å². The molecule has 2 bridgehead atoms. The summed E-state index contributed by atoms with van der Waals surface area (Å²) in [4.78, 5) is 14.7. The van der Waals surface area contributed by atoms with Crippen LogP contribution in [0.25, 0.3) is 0 Å². The number of likely N-dealkylation sites (N-methyl/N-ethyl adjacent to an activating group) is 1. The molecule has 0 heterocycles. The molecule has 2 fully saturated rings. The number of rotatable bonds is 5. The minimum atomic E-state index is -0.0171. The quantitative estimate of drug-likeness (QED) is 0.762. The zero-order chi connectivity index (χ0) is 14.1. The van der Waals surface area contributed by atoms with Crippen LogP contribution in [0.2, 0.25) is 0 Å². The molecule has 2 heteroatoms. The van der Waals surface area contributed by atoms with Crippen molar-refractivity contribution in [2.45, 2.75) is 38.6 Å². The third kappa shape index (κ3) is 2.67. The predicted molar refractivity (Wildman–Crippen MR) is 81.8 cm³/mol. The summed E-state index contributed by atoms with van der Waals surface area (Å²) in [7, 11) is 2.11. The van der Waals surface area contributed by atoms with Crippen molar-refractivity contribution in [1.82, 2.24) is 4.90 Å². The Morgan fingerprint density at radius 1 is 1.25 bits per heavy atom. The lowest BCUT2D eigenvalue weighted by molar-refractivity contribution is 0.0836. The van der Waals surface area contributed by atoms with E-state index in [1.165, 1.54) is 25.7 Å². The summed E-state index contributed by atoms with van der Waals surface area (Å²) in [6, 6.07) is 9.66. The van der Waals surface area contributed by atoms with Crippen molar-refractivity contribution < 1.29 is 4.79 Å². The van der Waals surface area contributed by atoms with Gasteiger partial charge in [0.2, 0.25) is 0 Å². The minimum Gasteiger partial charge on any atom is -0.296 e. The summed E-state index contributed by atoms with van der Waals surface area (Å²) in [6.07, 6.45) is 5.70. The van der Waals surface area contributed by atoms with E-state index in [2.05, 4.69) is 11.9 Å². The first-order chi connectivity index (χ1) is 9.65. The number of nitrogens with zero attached hydrogens (tertiary/aromatic N) is 1. The minimum absolute atomic E-state index is 0.0171. The van der Waals surface area contributed by atoms with Crippen molar-refractivity contribution >= 4 is 5.78 Å². The van der Waals surface area contributed by atoms with Crippen molar-refractivity contribution in [3.63, 3.8) is 0 Å². The van der Waals surface area contributed by atoms with Gasteiger partial charge in [-0.05, 0) is 51.0 Å². The van der Waals surface area contributed by atoms with Crippen LogP contribution in [0.4, 0.5) is 0 Å². The van der Waals surface area contributed by atoms with Crippen LogP contribution in [0.5, 0.6) is 0 Å². The first kappa shape index (κ1) is 13.8. The number of carbonyl (C=O) groups is 1. The van der Waals surface area contributed by atoms with Gasteiger partial charge in [-0.1, -0.05) is 36.8 Å². The number of carbonyl (C=O) groups excluding carboxylic acids is 1. The van der Waals surface area contributed by atoms with Crippen LogP contribution in [0.1, 0.15) is 43.0 Å². The van der Waals surface area contributed by atoms with Crippen LogP contribution >= 0.6 is 0 Å². The second-order valence-corrected chi connectivity index (χ2v) is 6.78. The van der Waals surface area contributed by atoms with E-state index in [4.69, 9.17) is 0 Å². The van der Waals surface area contributed by atoms with Gasteiger partial charge in [-0.15, -0.1) is 0 Å². The maximum atomic E-state index is 12.5. The van der Waals surface area contributed by atoms with Gasteiger partial charge in [-0.2, -0.15) is 0 Å². The Bertz CT molecular complexity index is 470. The lowest BCUT2D eigenvalue weighted by atomic mass is 9.88. The van der Waals surface area contributed by atoms with Crippen molar-refractivity contribution in [1.29, 1.82) is 0 Å². The summed E-state index contributed by atoms with van der Waals surface area (Å²) in [5.41, 5.74) is 0.833. The Balaban J connectivity index is 1.59. The Morgan fingerprint density at radius 3 is 2.60 bits per heavy atom. The van der Waals surface area contributed by atoms with E-state index < -0.39 is 0 Å². The van der Waals surface area contributed by atoms with Crippen molar-refractivity contribution in [2.75, 3.05) is 13.6 Å². The number of Topliss-reactive ketones (excluding diaryl/α,β-unsaturated/α-hetero) is 1. The smallest absolute Gasteiger partial charge is 0.179 e. The molecule has 1 aromatic rings. The Morgan fingerprint density at radius 2 is 2.00 bits per heavy atom. The molecule has 108 valence electrons. The van der Waals surface area contributed by atoms with Gasteiger partial charge < -0.3 is 0 Å². The monoisotopic (exact) mass is 271 g/mol. The largest absolute Gasteiger partial charge is 0.296 e. The molecule has 2 aliphatic carbocycles. The third-order valence-corrected chi connectivity index (χ3v) is 5.51. The fraction of sp³-hybridized carbons (Fsp3) is 0.611. The maximum absolute atomic E-state index is 12.5. The summed E-state index contributed by atoms with van der Waals surface area (Å²) in [6.45, 7) is 3.13. The molecule has 2 aliphatic rings. The molecule has 3 rings (SSSR count). The molecular formula is C18H25NO. The maximum Gasteiger partial charge on any atom is 0.179 e. The number of benzene rings is 1. The van der Waals surface area contributed by atoms with Crippen molar-refractivity contribution in [3.8, 4) is 0 Å².